The Labute approximate surface area is 177 Å². The third kappa shape index (κ3) is 3.18. The van der Waals surface area contributed by atoms with Crippen molar-refractivity contribution in [2.75, 3.05) is 0 Å². The van der Waals surface area contributed by atoms with Crippen LogP contribution in [0.15, 0.2) is 85.5 Å². The summed E-state index contributed by atoms with van der Waals surface area (Å²) in [7, 11) is 0. The van der Waals surface area contributed by atoms with Gasteiger partial charge in [0.2, 0.25) is 12.7 Å². The van der Waals surface area contributed by atoms with Crippen molar-refractivity contribution in [3.63, 3.8) is 0 Å². The van der Waals surface area contributed by atoms with Gasteiger partial charge in [0.15, 0.2) is 22.1 Å². The fraction of sp³-hybridized carbons (Fsp3) is 0.231. The molecule has 150 valence electrons. The lowest BCUT2D eigenvalue weighted by Gasteiger charge is -2.07. The molecular weight excluding hydrogens is 368 g/mol. The van der Waals surface area contributed by atoms with Gasteiger partial charge in [-0.15, -0.1) is 0 Å². The molecule has 0 spiro atoms. The fourth-order valence-electron chi connectivity index (χ4n) is 4.47. The summed E-state index contributed by atoms with van der Waals surface area (Å²) in [6.07, 6.45) is 4.50. The predicted molar refractivity (Wildman–Crippen MR) is 120 cm³/mol. The molecule has 4 heteroatoms. The average Bonchev–Trinajstić information content (AvgIpc) is 3.33. The molecule has 5 aromatic rings. The Balaban J connectivity index is 1.54. The Bertz CT molecular complexity index is 1220. The summed E-state index contributed by atoms with van der Waals surface area (Å²) in [5.74, 6) is 0. The van der Waals surface area contributed by atoms with Crippen molar-refractivity contribution in [3.8, 4) is 0 Å². The van der Waals surface area contributed by atoms with Crippen molar-refractivity contribution in [2.45, 2.75) is 40.0 Å². The van der Waals surface area contributed by atoms with E-state index in [2.05, 4.69) is 118 Å². The summed E-state index contributed by atoms with van der Waals surface area (Å²) >= 11 is 0. The predicted octanol–water partition coefficient (Wildman–Crippen LogP) is 4.31. The van der Waals surface area contributed by atoms with Crippen molar-refractivity contribution in [1.29, 1.82) is 0 Å². The standard InChI is InChI=1S/C26H28N4/c1-3-27-19-29(25-15-9-7-13-23(25)27)17-21-11-5-6-12-22(21)18-30-20-28(4-2)24-14-8-10-16-26(24)30/h5-16,19-20H,3-4,17-18H2,1-2H3/q+2. The van der Waals surface area contributed by atoms with Gasteiger partial charge in [-0.3, -0.25) is 0 Å². The third-order valence-corrected chi connectivity index (χ3v) is 6.04. The molecule has 0 aliphatic carbocycles. The Morgan fingerprint density at radius 2 is 0.967 bits per heavy atom. The largest absolute Gasteiger partial charge is 0.245 e. The van der Waals surface area contributed by atoms with E-state index < -0.39 is 0 Å². The van der Waals surface area contributed by atoms with E-state index >= 15 is 0 Å². The number of para-hydroxylation sites is 4. The zero-order valence-electron chi connectivity index (χ0n) is 17.7. The van der Waals surface area contributed by atoms with Gasteiger partial charge in [-0.2, -0.15) is 0 Å². The number of aromatic nitrogens is 4. The molecule has 5 rings (SSSR count). The van der Waals surface area contributed by atoms with Crippen molar-refractivity contribution in [2.24, 2.45) is 0 Å². The lowest BCUT2D eigenvalue weighted by Crippen LogP contribution is -2.36. The van der Waals surface area contributed by atoms with E-state index in [4.69, 9.17) is 0 Å². The minimum absolute atomic E-state index is 0.872. The summed E-state index contributed by atoms with van der Waals surface area (Å²) in [6, 6.07) is 26.2. The number of aryl methyl sites for hydroxylation is 2. The van der Waals surface area contributed by atoms with Crippen LogP contribution in [0.1, 0.15) is 25.0 Å². The second kappa shape index (κ2) is 7.79. The quantitative estimate of drug-likeness (QED) is 0.381. The van der Waals surface area contributed by atoms with E-state index in [0.29, 0.717) is 0 Å². The number of benzene rings is 3. The van der Waals surface area contributed by atoms with Crippen LogP contribution < -0.4 is 9.13 Å². The van der Waals surface area contributed by atoms with Gasteiger partial charge in [0.1, 0.15) is 13.1 Å². The molecule has 0 atom stereocenters. The molecule has 0 unspecified atom stereocenters. The highest BCUT2D eigenvalue weighted by Gasteiger charge is 2.18. The highest BCUT2D eigenvalue weighted by atomic mass is 15.1. The molecule has 0 radical (unpaired) electrons. The van der Waals surface area contributed by atoms with Crippen LogP contribution in [0.3, 0.4) is 0 Å². The van der Waals surface area contributed by atoms with E-state index in [1.54, 1.807) is 0 Å². The van der Waals surface area contributed by atoms with Gasteiger partial charge in [0, 0.05) is 11.1 Å². The summed E-state index contributed by atoms with van der Waals surface area (Å²) in [4.78, 5) is 0. The molecule has 3 aromatic carbocycles. The molecule has 0 N–H and O–H groups in total. The number of nitrogens with zero attached hydrogens (tertiary/aromatic N) is 4. The lowest BCUT2D eigenvalue weighted by atomic mass is 10.1. The average molecular weight is 397 g/mol. The van der Waals surface area contributed by atoms with Gasteiger partial charge in [0.05, 0.1) is 13.1 Å². The zero-order chi connectivity index (χ0) is 20.5. The number of fused-ring (bicyclic) bond motifs is 2. The van der Waals surface area contributed by atoms with Crippen LogP contribution in [-0.2, 0) is 26.2 Å². The first-order valence-electron chi connectivity index (χ1n) is 10.8. The monoisotopic (exact) mass is 396 g/mol. The molecule has 2 heterocycles. The van der Waals surface area contributed by atoms with Gasteiger partial charge in [0.25, 0.3) is 0 Å². The van der Waals surface area contributed by atoms with Crippen LogP contribution in [0.25, 0.3) is 22.1 Å². The van der Waals surface area contributed by atoms with Crippen molar-refractivity contribution >= 4 is 22.1 Å². The van der Waals surface area contributed by atoms with Crippen LogP contribution in [0.2, 0.25) is 0 Å². The maximum Gasteiger partial charge on any atom is 0.245 e. The maximum atomic E-state index is 2.37. The number of rotatable bonds is 6. The van der Waals surface area contributed by atoms with E-state index in [0.717, 1.165) is 26.2 Å². The Morgan fingerprint density at radius 1 is 0.567 bits per heavy atom. The SMILES string of the molecule is CCn1c[n+](Cc2ccccc2C[n+]2cn(CC)c3ccccc32)c2ccccc21. The molecule has 0 saturated carbocycles. The topological polar surface area (TPSA) is 17.6 Å². The molecule has 0 aliphatic heterocycles. The normalized spacial score (nSPS) is 11.5. The Kier molecular flexibility index (Phi) is 4.83. The van der Waals surface area contributed by atoms with Crippen LogP contribution in [-0.4, -0.2) is 9.13 Å². The van der Waals surface area contributed by atoms with E-state index in [-0.39, 0.29) is 0 Å². The molecular formula is C26H28N4+2. The molecule has 4 nitrogen and oxygen atoms in total. The highest BCUT2D eigenvalue weighted by Crippen LogP contribution is 2.16. The summed E-state index contributed by atoms with van der Waals surface area (Å²) < 4.78 is 9.39. The first-order chi connectivity index (χ1) is 14.8. The minimum Gasteiger partial charge on any atom is -0.230 e. The Hall–Kier alpha value is -3.40. The van der Waals surface area contributed by atoms with Crippen LogP contribution in [0.5, 0.6) is 0 Å². The lowest BCUT2D eigenvalue weighted by molar-refractivity contribution is -0.668. The van der Waals surface area contributed by atoms with Crippen LogP contribution in [0.4, 0.5) is 0 Å². The first kappa shape index (κ1) is 18.6. The number of hydrogen-bond acceptors (Lipinski definition) is 0. The molecule has 0 saturated heterocycles. The van der Waals surface area contributed by atoms with Crippen molar-refractivity contribution < 1.29 is 9.13 Å². The molecule has 0 amide bonds. The third-order valence-electron chi connectivity index (χ3n) is 6.04. The van der Waals surface area contributed by atoms with Gasteiger partial charge < -0.3 is 0 Å². The number of imidazole rings is 2. The second-order valence-corrected chi connectivity index (χ2v) is 7.80. The summed E-state index contributed by atoms with van der Waals surface area (Å²) in [5.41, 5.74) is 7.87. The molecule has 0 bridgehead atoms. The fourth-order valence-corrected chi connectivity index (χ4v) is 4.47. The summed E-state index contributed by atoms with van der Waals surface area (Å²) in [6.45, 7) is 8.09. The molecule has 0 fully saturated rings. The van der Waals surface area contributed by atoms with Crippen molar-refractivity contribution in [1.82, 2.24) is 9.13 Å². The molecule has 2 aromatic heterocycles. The number of hydrogen-bond donors (Lipinski definition) is 0. The van der Waals surface area contributed by atoms with Crippen molar-refractivity contribution in [3.05, 3.63) is 96.6 Å². The van der Waals surface area contributed by atoms with Gasteiger partial charge >= 0.3 is 0 Å². The molecule has 0 aliphatic rings. The van der Waals surface area contributed by atoms with E-state index in [1.807, 2.05) is 0 Å². The smallest absolute Gasteiger partial charge is 0.230 e. The van der Waals surface area contributed by atoms with E-state index in [9.17, 15) is 0 Å². The summed E-state index contributed by atoms with van der Waals surface area (Å²) in [5, 5.41) is 0. The van der Waals surface area contributed by atoms with Gasteiger partial charge in [-0.1, -0.05) is 48.5 Å². The maximum absolute atomic E-state index is 2.37. The van der Waals surface area contributed by atoms with E-state index in [1.165, 1.54) is 33.2 Å². The second-order valence-electron chi connectivity index (χ2n) is 7.80. The minimum atomic E-state index is 0.872. The Morgan fingerprint density at radius 3 is 1.40 bits per heavy atom. The molecule has 30 heavy (non-hydrogen) atoms. The van der Waals surface area contributed by atoms with Crippen LogP contribution >= 0.6 is 0 Å². The highest BCUT2D eigenvalue weighted by molar-refractivity contribution is 5.72. The first-order valence-corrected chi connectivity index (χ1v) is 10.8. The zero-order valence-corrected chi connectivity index (χ0v) is 17.7. The van der Waals surface area contributed by atoms with Crippen LogP contribution in [0, 0.1) is 0 Å². The van der Waals surface area contributed by atoms with Gasteiger partial charge in [-0.25, -0.2) is 18.3 Å². The van der Waals surface area contributed by atoms with Gasteiger partial charge in [-0.05, 0) is 38.1 Å².